The number of amides is 1. The number of hydrogen-bond donors (Lipinski definition) is 1. The summed E-state index contributed by atoms with van der Waals surface area (Å²) in [5, 5.41) is 3.16. The van der Waals surface area contributed by atoms with Crippen LogP contribution in [0.4, 0.5) is 5.69 Å². The second-order valence-electron chi connectivity index (χ2n) is 5.15. The Balaban J connectivity index is 1.96. The molecule has 2 aromatic carbocycles. The quantitative estimate of drug-likeness (QED) is 0.795. The van der Waals surface area contributed by atoms with Crippen LogP contribution in [0.3, 0.4) is 0 Å². The summed E-state index contributed by atoms with van der Waals surface area (Å²) in [4.78, 5) is 24.0. The van der Waals surface area contributed by atoms with Crippen molar-refractivity contribution in [2.24, 2.45) is 0 Å². The summed E-state index contributed by atoms with van der Waals surface area (Å²) in [5.41, 5.74) is 1.57. The molecule has 6 nitrogen and oxygen atoms in total. The van der Waals surface area contributed by atoms with Crippen molar-refractivity contribution in [1.82, 2.24) is 0 Å². The summed E-state index contributed by atoms with van der Waals surface area (Å²) in [6, 6.07) is 9.69. The molecule has 0 unspecified atom stereocenters. The molecule has 0 fully saturated rings. The van der Waals surface area contributed by atoms with E-state index in [9.17, 15) is 9.59 Å². The third-order valence-electron chi connectivity index (χ3n) is 3.41. The highest BCUT2D eigenvalue weighted by Crippen LogP contribution is 2.30. The van der Waals surface area contributed by atoms with E-state index in [-0.39, 0.29) is 0 Å². The molecule has 0 spiro atoms. The van der Waals surface area contributed by atoms with Gasteiger partial charge in [0.15, 0.2) is 6.61 Å². The number of nitrogens with one attached hydrogen (secondary N) is 1. The molecule has 0 bridgehead atoms. The lowest BCUT2D eigenvalue weighted by Gasteiger charge is -2.12. The first-order valence-electron chi connectivity index (χ1n) is 7.39. The molecule has 25 heavy (non-hydrogen) atoms. The first kappa shape index (κ1) is 18.6. The molecule has 0 saturated heterocycles. The van der Waals surface area contributed by atoms with E-state index >= 15 is 0 Å². The van der Waals surface area contributed by atoms with Crippen molar-refractivity contribution in [2.45, 2.75) is 6.92 Å². The maximum Gasteiger partial charge on any atom is 0.338 e. The van der Waals surface area contributed by atoms with Crippen LogP contribution in [0.1, 0.15) is 15.9 Å². The van der Waals surface area contributed by atoms with E-state index in [0.29, 0.717) is 27.8 Å². The van der Waals surface area contributed by atoms with Crippen molar-refractivity contribution in [3.63, 3.8) is 0 Å². The lowest BCUT2D eigenvalue weighted by atomic mass is 10.2. The second-order valence-corrected chi connectivity index (χ2v) is 5.56. The molecule has 2 aromatic rings. The smallest absolute Gasteiger partial charge is 0.338 e. The van der Waals surface area contributed by atoms with E-state index in [0.717, 1.165) is 5.56 Å². The van der Waals surface area contributed by atoms with Gasteiger partial charge in [0.2, 0.25) is 0 Å². The number of carbonyl (C=O) groups is 2. The number of halogens is 1. The third kappa shape index (κ3) is 4.87. The maximum absolute atomic E-state index is 12.0. The van der Waals surface area contributed by atoms with Crippen LogP contribution in [-0.4, -0.2) is 32.7 Å². The molecule has 0 aliphatic carbocycles. The Labute approximate surface area is 150 Å². The highest BCUT2D eigenvalue weighted by molar-refractivity contribution is 6.31. The van der Waals surface area contributed by atoms with Crippen LogP contribution in [0.25, 0.3) is 0 Å². The SMILES string of the molecule is COc1ccc(C(=O)OCC(=O)Nc2cc(C)c(Cl)cc2OC)cc1. The number of hydrogen-bond acceptors (Lipinski definition) is 5. The first-order valence-corrected chi connectivity index (χ1v) is 7.77. The van der Waals surface area contributed by atoms with Gasteiger partial charge in [-0.1, -0.05) is 11.6 Å². The fourth-order valence-corrected chi connectivity index (χ4v) is 2.21. The summed E-state index contributed by atoms with van der Waals surface area (Å²) in [7, 11) is 3.00. The monoisotopic (exact) mass is 363 g/mol. The van der Waals surface area contributed by atoms with Crippen LogP contribution in [0.5, 0.6) is 11.5 Å². The molecule has 1 amide bonds. The number of ether oxygens (including phenoxy) is 3. The van der Waals surface area contributed by atoms with Crippen molar-refractivity contribution in [3.8, 4) is 11.5 Å². The van der Waals surface area contributed by atoms with E-state index in [4.69, 9.17) is 25.8 Å². The summed E-state index contributed by atoms with van der Waals surface area (Å²) < 4.78 is 15.2. The minimum absolute atomic E-state index is 0.327. The Morgan fingerprint density at radius 2 is 1.76 bits per heavy atom. The lowest BCUT2D eigenvalue weighted by molar-refractivity contribution is -0.119. The molecule has 2 rings (SSSR count). The van der Waals surface area contributed by atoms with Crippen LogP contribution in [0, 0.1) is 6.92 Å². The molecule has 0 heterocycles. The molecule has 0 aromatic heterocycles. The molecule has 0 saturated carbocycles. The van der Waals surface area contributed by atoms with Crippen molar-refractivity contribution >= 4 is 29.2 Å². The largest absolute Gasteiger partial charge is 0.497 e. The van der Waals surface area contributed by atoms with E-state index in [2.05, 4.69) is 5.32 Å². The summed E-state index contributed by atoms with van der Waals surface area (Å²) in [5.74, 6) is -0.0381. The van der Waals surface area contributed by atoms with E-state index in [1.54, 1.807) is 43.3 Å². The maximum atomic E-state index is 12.0. The van der Waals surface area contributed by atoms with E-state index < -0.39 is 18.5 Å². The standard InChI is InChI=1S/C18H18ClNO5/c1-11-8-15(16(24-3)9-14(11)19)20-17(21)10-25-18(22)12-4-6-13(23-2)7-5-12/h4-9H,10H2,1-3H3,(H,20,21). The van der Waals surface area contributed by atoms with Gasteiger partial charge in [-0.2, -0.15) is 0 Å². The minimum Gasteiger partial charge on any atom is -0.497 e. The normalized spacial score (nSPS) is 10.1. The molecule has 0 radical (unpaired) electrons. The Hall–Kier alpha value is -2.73. The Kier molecular flexibility index (Phi) is 6.25. The topological polar surface area (TPSA) is 73.9 Å². The lowest BCUT2D eigenvalue weighted by Crippen LogP contribution is -2.21. The number of anilines is 1. The molecule has 0 atom stereocenters. The fourth-order valence-electron chi connectivity index (χ4n) is 2.06. The van der Waals surface area contributed by atoms with Crippen LogP contribution < -0.4 is 14.8 Å². The van der Waals surface area contributed by atoms with Gasteiger partial charge < -0.3 is 19.5 Å². The van der Waals surface area contributed by atoms with Crippen molar-refractivity contribution < 1.29 is 23.8 Å². The summed E-state index contributed by atoms with van der Waals surface area (Å²) >= 11 is 6.02. The van der Waals surface area contributed by atoms with Gasteiger partial charge in [0, 0.05) is 11.1 Å². The highest BCUT2D eigenvalue weighted by atomic mass is 35.5. The molecule has 7 heteroatoms. The fraction of sp³-hybridized carbons (Fsp3) is 0.222. The van der Waals surface area contributed by atoms with Crippen molar-refractivity contribution in [1.29, 1.82) is 0 Å². The summed E-state index contributed by atoms with van der Waals surface area (Å²) in [6.45, 7) is 1.39. The minimum atomic E-state index is -0.600. The van der Waals surface area contributed by atoms with Crippen molar-refractivity contribution in [3.05, 3.63) is 52.5 Å². The van der Waals surface area contributed by atoms with Gasteiger partial charge in [-0.3, -0.25) is 4.79 Å². The zero-order chi connectivity index (χ0) is 18.4. The zero-order valence-corrected chi connectivity index (χ0v) is 14.8. The van der Waals surface area contributed by atoms with Crippen LogP contribution >= 0.6 is 11.6 Å². The van der Waals surface area contributed by atoms with E-state index in [1.807, 2.05) is 0 Å². The zero-order valence-electron chi connectivity index (χ0n) is 14.1. The predicted octanol–water partition coefficient (Wildman–Crippen LogP) is 3.46. The van der Waals surface area contributed by atoms with Gasteiger partial charge in [0.25, 0.3) is 5.91 Å². The average Bonchev–Trinajstić information content (AvgIpc) is 2.62. The number of methoxy groups -OCH3 is 2. The number of benzene rings is 2. The molecule has 0 aliphatic heterocycles. The Bertz CT molecular complexity index is 774. The average molecular weight is 364 g/mol. The van der Waals surface area contributed by atoms with Gasteiger partial charge in [0.05, 0.1) is 25.5 Å². The van der Waals surface area contributed by atoms with Crippen LogP contribution in [0.2, 0.25) is 5.02 Å². The van der Waals surface area contributed by atoms with Gasteiger partial charge in [-0.15, -0.1) is 0 Å². The Morgan fingerprint density at radius 1 is 1.08 bits per heavy atom. The Morgan fingerprint density at radius 3 is 2.36 bits per heavy atom. The number of carbonyl (C=O) groups excluding carboxylic acids is 2. The molecule has 132 valence electrons. The van der Waals surface area contributed by atoms with Gasteiger partial charge in [-0.25, -0.2) is 4.79 Å². The summed E-state index contributed by atoms with van der Waals surface area (Å²) in [6.07, 6.45) is 0. The molecular formula is C18H18ClNO5. The van der Waals surface area contributed by atoms with Gasteiger partial charge in [-0.05, 0) is 42.8 Å². The van der Waals surface area contributed by atoms with Crippen LogP contribution in [0.15, 0.2) is 36.4 Å². The first-order chi connectivity index (χ1) is 11.9. The highest BCUT2D eigenvalue weighted by Gasteiger charge is 2.13. The van der Waals surface area contributed by atoms with Crippen LogP contribution in [-0.2, 0) is 9.53 Å². The number of rotatable bonds is 6. The molecular weight excluding hydrogens is 346 g/mol. The molecule has 0 aliphatic rings. The third-order valence-corrected chi connectivity index (χ3v) is 3.82. The second kappa shape index (κ2) is 8.39. The number of esters is 1. The predicted molar refractivity (Wildman–Crippen MR) is 94.6 cm³/mol. The van der Waals surface area contributed by atoms with E-state index in [1.165, 1.54) is 14.2 Å². The van der Waals surface area contributed by atoms with Crippen molar-refractivity contribution in [2.75, 3.05) is 26.1 Å². The van der Waals surface area contributed by atoms with Gasteiger partial charge in [0.1, 0.15) is 11.5 Å². The molecule has 1 N–H and O–H groups in total. The van der Waals surface area contributed by atoms with Gasteiger partial charge >= 0.3 is 5.97 Å². The number of aryl methyl sites for hydroxylation is 1.